The van der Waals surface area contributed by atoms with Crippen molar-refractivity contribution in [2.45, 2.75) is 10.6 Å². The molecular formula is C30H19N2NaO3S. The summed E-state index contributed by atoms with van der Waals surface area (Å²) in [5.41, 5.74) is 3.32. The largest absolute Gasteiger partial charge is 1.00 e. The third kappa shape index (κ3) is 5.87. The van der Waals surface area contributed by atoms with Crippen LogP contribution in [-0.4, -0.2) is 11.0 Å². The number of aromatic nitrogens is 1. The van der Waals surface area contributed by atoms with Gasteiger partial charge in [0.05, 0.1) is 28.7 Å². The number of carboxylic acid groups (broad SMARTS) is 1. The first-order chi connectivity index (χ1) is 17.6. The first-order valence-electron chi connectivity index (χ1n) is 11.2. The first kappa shape index (κ1) is 26.5. The van der Waals surface area contributed by atoms with E-state index in [2.05, 4.69) is 11.1 Å². The smallest absolute Gasteiger partial charge is 0.545 e. The van der Waals surface area contributed by atoms with Crippen LogP contribution >= 0.6 is 11.8 Å². The predicted octanol–water partition coefficient (Wildman–Crippen LogP) is 3.23. The van der Waals surface area contributed by atoms with E-state index in [1.807, 2.05) is 66.7 Å². The summed E-state index contributed by atoms with van der Waals surface area (Å²) in [4.78, 5) is 16.6. The zero-order valence-electron chi connectivity index (χ0n) is 20.0. The second-order valence-electron chi connectivity index (χ2n) is 8.01. The van der Waals surface area contributed by atoms with Crippen molar-refractivity contribution in [3.05, 3.63) is 120 Å². The summed E-state index contributed by atoms with van der Waals surface area (Å²) in [5.74, 6) is 0.800. The Morgan fingerprint density at radius 2 is 1.62 bits per heavy atom. The van der Waals surface area contributed by atoms with E-state index in [1.54, 1.807) is 48.4 Å². The molecule has 0 spiro atoms. The summed E-state index contributed by atoms with van der Waals surface area (Å²) in [6.45, 7) is 0. The number of rotatable bonds is 7. The number of fused-ring (bicyclic) bond motifs is 1. The minimum Gasteiger partial charge on any atom is -0.545 e. The van der Waals surface area contributed by atoms with Crippen LogP contribution in [0.15, 0.2) is 108 Å². The number of nitrogens with zero attached hydrogens (tertiary/aromatic N) is 2. The molecule has 0 radical (unpaired) electrons. The minimum atomic E-state index is -1.19. The molecule has 0 aliphatic heterocycles. The summed E-state index contributed by atoms with van der Waals surface area (Å²) in [5, 5.41) is 22.6. The summed E-state index contributed by atoms with van der Waals surface area (Å²) in [6, 6.07) is 30.1. The van der Waals surface area contributed by atoms with Crippen molar-refractivity contribution in [2.75, 3.05) is 0 Å². The fourth-order valence-corrected chi connectivity index (χ4v) is 4.90. The van der Waals surface area contributed by atoms with E-state index < -0.39 is 5.97 Å². The minimum absolute atomic E-state index is 0. The van der Waals surface area contributed by atoms with E-state index in [0.29, 0.717) is 28.4 Å². The number of thioether (sulfide) groups is 1. The molecule has 0 saturated heterocycles. The molecule has 0 fully saturated rings. The number of benzene rings is 4. The number of hydrogen-bond acceptors (Lipinski definition) is 6. The van der Waals surface area contributed by atoms with Crippen molar-refractivity contribution in [2.24, 2.45) is 0 Å². The molecule has 5 nitrogen and oxygen atoms in total. The van der Waals surface area contributed by atoms with Crippen LogP contribution in [0.2, 0.25) is 0 Å². The van der Waals surface area contributed by atoms with Gasteiger partial charge in [0, 0.05) is 28.3 Å². The second kappa shape index (κ2) is 12.1. The van der Waals surface area contributed by atoms with Crippen molar-refractivity contribution in [3.8, 4) is 28.7 Å². The molecule has 37 heavy (non-hydrogen) atoms. The third-order valence-electron chi connectivity index (χ3n) is 5.78. The maximum absolute atomic E-state index is 11.4. The van der Waals surface area contributed by atoms with Crippen molar-refractivity contribution in [1.82, 2.24) is 4.98 Å². The molecular weight excluding hydrogens is 491 g/mol. The number of carbonyl (C=O) groups is 1. The van der Waals surface area contributed by atoms with Crippen molar-refractivity contribution in [3.63, 3.8) is 0 Å². The number of carbonyl (C=O) groups excluding carboxylic acids is 1. The van der Waals surface area contributed by atoms with Crippen LogP contribution in [0, 0.1) is 11.3 Å². The summed E-state index contributed by atoms with van der Waals surface area (Å²) < 4.78 is 6.27. The van der Waals surface area contributed by atoms with Crippen molar-refractivity contribution >= 4 is 28.5 Å². The molecule has 1 heterocycles. The van der Waals surface area contributed by atoms with Gasteiger partial charge < -0.3 is 14.6 Å². The quantitative estimate of drug-likeness (QED) is 0.247. The van der Waals surface area contributed by atoms with Gasteiger partial charge in [0.25, 0.3) is 0 Å². The SMILES string of the molecule is N#Cc1ccc(Oc2cnccc2SCc2ccc(-c3ccccc3C(=O)[O-])cc2)c2ccccc12.[Na+]. The molecule has 7 heteroatoms. The Balaban J connectivity index is 0.00000320. The topological polar surface area (TPSA) is 86.0 Å². The van der Waals surface area contributed by atoms with Crippen LogP contribution in [0.1, 0.15) is 21.5 Å². The standard InChI is InChI=1S/C30H20N2O3S.Na/c31-17-22-13-14-27(25-7-3-1-6-24(22)25)35-28-18-32-16-15-29(28)36-19-20-9-11-21(12-10-20)23-5-2-4-8-26(23)30(33)34;/h1-16,18H,19H2,(H,33,34);/q;+1/p-1. The molecule has 5 aromatic rings. The van der Waals surface area contributed by atoms with Gasteiger partial charge in [0.2, 0.25) is 0 Å². The monoisotopic (exact) mass is 510 g/mol. The maximum Gasteiger partial charge on any atom is 1.00 e. The van der Waals surface area contributed by atoms with Crippen molar-refractivity contribution in [1.29, 1.82) is 5.26 Å². The molecule has 0 atom stereocenters. The summed E-state index contributed by atoms with van der Waals surface area (Å²) in [7, 11) is 0. The normalized spacial score (nSPS) is 10.4. The number of pyridine rings is 1. The van der Waals surface area contributed by atoms with Gasteiger partial charge in [-0.15, -0.1) is 11.8 Å². The Morgan fingerprint density at radius 1 is 0.892 bits per heavy atom. The number of carboxylic acids is 1. The fourth-order valence-electron chi connectivity index (χ4n) is 3.99. The molecule has 0 amide bonds. The van der Waals surface area contributed by atoms with Crippen LogP contribution in [0.4, 0.5) is 0 Å². The second-order valence-corrected chi connectivity index (χ2v) is 9.03. The summed E-state index contributed by atoms with van der Waals surface area (Å²) in [6.07, 6.45) is 3.42. The zero-order chi connectivity index (χ0) is 24.9. The number of aromatic carboxylic acids is 1. The van der Waals surface area contributed by atoms with Crippen molar-refractivity contribution < 1.29 is 44.2 Å². The zero-order valence-corrected chi connectivity index (χ0v) is 22.9. The summed E-state index contributed by atoms with van der Waals surface area (Å²) >= 11 is 1.62. The Bertz CT molecular complexity index is 1610. The first-order valence-corrected chi connectivity index (χ1v) is 12.2. The molecule has 4 aromatic carbocycles. The maximum atomic E-state index is 11.4. The number of ether oxygens (including phenoxy) is 1. The number of nitriles is 1. The average Bonchev–Trinajstić information content (AvgIpc) is 2.93. The van der Waals surface area contributed by atoms with Crippen LogP contribution in [-0.2, 0) is 5.75 Å². The third-order valence-corrected chi connectivity index (χ3v) is 6.90. The van der Waals surface area contributed by atoms with E-state index in [1.165, 1.54) is 0 Å². The van der Waals surface area contributed by atoms with Crippen LogP contribution in [0.25, 0.3) is 21.9 Å². The molecule has 174 valence electrons. The molecule has 5 rings (SSSR count). The molecule has 0 unspecified atom stereocenters. The number of hydrogen-bond donors (Lipinski definition) is 0. The molecule has 0 bridgehead atoms. The average molecular weight is 511 g/mol. The molecule has 0 saturated carbocycles. The Morgan fingerprint density at radius 3 is 2.38 bits per heavy atom. The van der Waals surface area contributed by atoms with Gasteiger partial charge in [0.1, 0.15) is 5.75 Å². The van der Waals surface area contributed by atoms with Gasteiger partial charge in [-0.05, 0) is 34.9 Å². The van der Waals surface area contributed by atoms with Gasteiger partial charge >= 0.3 is 29.6 Å². The van der Waals surface area contributed by atoms with E-state index in [-0.39, 0.29) is 35.1 Å². The van der Waals surface area contributed by atoms with Crippen LogP contribution in [0.3, 0.4) is 0 Å². The van der Waals surface area contributed by atoms with Gasteiger partial charge in [-0.3, -0.25) is 4.98 Å². The molecule has 0 aliphatic carbocycles. The Labute approximate surface area is 241 Å². The van der Waals surface area contributed by atoms with Gasteiger partial charge in [-0.1, -0.05) is 72.8 Å². The molecule has 0 aliphatic rings. The predicted molar refractivity (Wildman–Crippen MR) is 139 cm³/mol. The van der Waals surface area contributed by atoms with E-state index >= 15 is 0 Å². The van der Waals surface area contributed by atoms with Crippen LogP contribution < -0.4 is 39.4 Å². The molecule has 1 aromatic heterocycles. The molecule has 0 N–H and O–H groups in total. The van der Waals surface area contributed by atoms with Gasteiger partial charge in [-0.25, -0.2) is 0 Å². The van der Waals surface area contributed by atoms with Gasteiger partial charge in [-0.2, -0.15) is 5.26 Å². The van der Waals surface area contributed by atoms with E-state index in [9.17, 15) is 15.2 Å². The fraction of sp³-hybridized carbons (Fsp3) is 0.0333. The van der Waals surface area contributed by atoms with Crippen LogP contribution in [0.5, 0.6) is 11.5 Å². The van der Waals surface area contributed by atoms with E-state index in [4.69, 9.17) is 4.74 Å². The Hall–Kier alpha value is -3.60. The van der Waals surface area contributed by atoms with E-state index in [0.717, 1.165) is 26.8 Å². The Kier molecular flexibility index (Phi) is 8.65. The van der Waals surface area contributed by atoms with Gasteiger partial charge in [0.15, 0.2) is 5.75 Å².